The summed E-state index contributed by atoms with van der Waals surface area (Å²) in [6.45, 7) is 0.714. The van der Waals surface area contributed by atoms with Crippen LogP contribution in [0.1, 0.15) is 9.75 Å². The van der Waals surface area contributed by atoms with Gasteiger partial charge in [0.1, 0.15) is 10.9 Å². The first kappa shape index (κ1) is 12.4. The lowest BCUT2D eigenvalue weighted by Crippen LogP contribution is -2.00. The molecule has 0 saturated carbocycles. The highest BCUT2D eigenvalue weighted by atomic mass is 32.1. The summed E-state index contributed by atoms with van der Waals surface area (Å²) < 4.78 is 0. The van der Waals surface area contributed by atoms with Crippen molar-refractivity contribution >= 4 is 17.0 Å². The second kappa shape index (κ2) is 5.55. The van der Waals surface area contributed by atoms with Crippen LogP contribution in [0.5, 0.6) is 0 Å². The molecule has 3 aromatic rings. The molecule has 0 spiro atoms. The van der Waals surface area contributed by atoms with Crippen LogP contribution >= 0.6 is 11.3 Å². The molecule has 0 saturated heterocycles. The molecule has 2 heterocycles. The van der Waals surface area contributed by atoms with Gasteiger partial charge in [0.15, 0.2) is 0 Å². The summed E-state index contributed by atoms with van der Waals surface area (Å²) in [4.78, 5) is 3.45. The van der Waals surface area contributed by atoms with E-state index in [4.69, 9.17) is 5.26 Å². The third-order valence-electron chi connectivity index (χ3n) is 2.76. The van der Waals surface area contributed by atoms with E-state index in [1.807, 2.05) is 36.4 Å². The Balaban J connectivity index is 1.65. The summed E-state index contributed by atoms with van der Waals surface area (Å²) >= 11 is 1.51. The van der Waals surface area contributed by atoms with Gasteiger partial charge in [0, 0.05) is 17.1 Å². The lowest BCUT2D eigenvalue weighted by molar-refractivity contribution is 0.752. The average molecular weight is 281 g/mol. The maximum absolute atomic E-state index is 8.78. The summed E-state index contributed by atoms with van der Waals surface area (Å²) in [5.41, 5.74) is 1.94. The van der Waals surface area contributed by atoms with Gasteiger partial charge in [-0.15, -0.1) is 11.3 Å². The van der Waals surface area contributed by atoms with Gasteiger partial charge in [-0.3, -0.25) is 0 Å². The van der Waals surface area contributed by atoms with Crippen LogP contribution in [0.15, 0.2) is 48.8 Å². The Morgan fingerprint density at radius 3 is 2.50 bits per heavy atom. The fraction of sp³-hybridized carbons (Fsp3) is 0.0714. The van der Waals surface area contributed by atoms with Gasteiger partial charge >= 0.3 is 0 Å². The summed E-state index contributed by atoms with van der Waals surface area (Å²) in [5.74, 6) is 0. The molecule has 98 valence electrons. The molecule has 0 aliphatic carbocycles. The first-order valence-corrected chi connectivity index (χ1v) is 6.86. The van der Waals surface area contributed by atoms with E-state index in [1.54, 1.807) is 17.2 Å². The number of hydrogen-bond donors (Lipinski definition) is 1. The van der Waals surface area contributed by atoms with Crippen molar-refractivity contribution in [1.82, 2.24) is 15.0 Å². The van der Waals surface area contributed by atoms with E-state index in [1.165, 1.54) is 11.3 Å². The highest BCUT2D eigenvalue weighted by Gasteiger charge is 2.00. The molecular formula is C14H11N5S. The van der Waals surface area contributed by atoms with E-state index in [0.717, 1.165) is 21.1 Å². The number of aromatic nitrogens is 3. The molecule has 0 bridgehead atoms. The second-order valence-electron chi connectivity index (χ2n) is 4.10. The van der Waals surface area contributed by atoms with Gasteiger partial charge in [-0.05, 0) is 36.4 Å². The van der Waals surface area contributed by atoms with E-state index in [-0.39, 0.29) is 0 Å². The number of rotatable bonds is 4. The molecule has 0 aliphatic heterocycles. The zero-order valence-electron chi connectivity index (χ0n) is 10.5. The zero-order chi connectivity index (χ0) is 13.8. The topological polar surface area (TPSA) is 66.5 Å². The standard InChI is InChI=1S/C14H11N5S/c15-9-13-5-6-14(20-13)10-16-11-1-3-12(4-2-11)19-17-7-8-18-19/h1-8,16H,10H2. The van der Waals surface area contributed by atoms with E-state index in [2.05, 4.69) is 21.6 Å². The Bertz CT molecular complexity index is 722. The van der Waals surface area contributed by atoms with Crippen molar-refractivity contribution in [2.24, 2.45) is 0 Å². The van der Waals surface area contributed by atoms with E-state index < -0.39 is 0 Å². The molecule has 5 nitrogen and oxygen atoms in total. The molecule has 3 rings (SSSR count). The molecule has 6 heteroatoms. The van der Waals surface area contributed by atoms with E-state index >= 15 is 0 Å². The number of nitriles is 1. The Labute approximate surface area is 120 Å². The fourth-order valence-electron chi connectivity index (χ4n) is 1.78. The maximum atomic E-state index is 8.78. The molecule has 0 amide bonds. The molecule has 0 fully saturated rings. The molecule has 2 aromatic heterocycles. The van der Waals surface area contributed by atoms with Gasteiger partial charge in [0.2, 0.25) is 0 Å². The van der Waals surface area contributed by atoms with E-state index in [0.29, 0.717) is 6.54 Å². The Morgan fingerprint density at radius 2 is 1.85 bits per heavy atom. The number of anilines is 1. The monoisotopic (exact) mass is 281 g/mol. The highest BCUT2D eigenvalue weighted by Crippen LogP contribution is 2.18. The molecule has 0 unspecified atom stereocenters. The molecule has 1 aromatic carbocycles. The average Bonchev–Trinajstić information content (AvgIpc) is 3.17. The smallest absolute Gasteiger partial charge is 0.110 e. The predicted molar refractivity (Wildman–Crippen MR) is 77.7 cm³/mol. The normalized spacial score (nSPS) is 10.2. The number of hydrogen-bond acceptors (Lipinski definition) is 5. The largest absolute Gasteiger partial charge is 0.380 e. The van der Waals surface area contributed by atoms with Crippen molar-refractivity contribution in [2.75, 3.05) is 5.32 Å². The minimum absolute atomic E-state index is 0.714. The van der Waals surface area contributed by atoms with Crippen LogP contribution < -0.4 is 5.32 Å². The third kappa shape index (κ3) is 2.68. The lowest BCUT2D eigenvalue weighted by Gasteiger charge is -2.05. The Hall–Kier alpha value is -2.65. The van der Waals surface area contributed by atoms with Crippen LogP contribution in [-0.4, -0.2) is 15.0 Å². The van der Waals surface area contributed by atoms with Crippen molar-refractivity contribution in [2.45, 2.75) is 6.54 Å². The van der Waals surface area contributed by atoms with Crippen LogP contribution in [0.2, 0.25) is 0 Å². The number of nitrogens with one attached hydrogen (secondary N) is 1. The lowest BCUT2D eigenvalue weighted by atomic mass is 10.3. The van der Waals surface area contributed by atoms with Crippen LogP contribution in [0.4, 0.5) is 5.69 Å². The number of nitrogens with zero attached hydrogens (tertiary/aromatic N) is 4. The van der Waals surface area contributed by atoms with Crippen molar-refractivity contribution < 1.29 is 0 Å². The predicted octanol–water partition coefficient (Wildman–Crippen LogP) is 2.81. The summed E-state index contributed by atoms with van der Waals surface area (Å²) in [6, 6.07) is 13.8. The Kier molecular flexibility index (Phi) is 3.44. The number of benzene rings is 1. The Morgan fingerprint density at radius 1 is 1.10 bits per heavy atom. The van der Waals surface area contributed by atoms with E-state index in [9.17, 15) is 0 Å². The van der Waals surface area contributed by atoms with Crippen molar-refractivity contribution in [3.63, 3.8) is 0 Å². The summed E-state index contributed by atoms with van der Waals surface area (Å²) in [6.07, 6.45) is 3.30. The van der Waals surface area contributed by atoms with Gasteiger partial charge in [0.25, 0.3) is 0 Å². The van der Waals surface area contributed by atoms with Crippen LogP contribution in [0, 0.1) is 11.3 Å². The molecule has 0 atom stereocenters. The van der Waals surface area contributed by atoms with Crippen LogP contribution in [0.3, 0.4) is 0 Å². The van der Waals surface area contributed by atoms with Gasteiger partial charge in [-0.25, -0.2) is 0 Å². The fourth-order valence-corrected chi connectivity index (χ4v) is 2.53. The molecule has 20 heavy (non-hydrogen) atoms. The molecule has 0 radical (unpaired) electrons. The van der Waals surface area contributed by atoms with Gasteiger partial charge in [-0.2, -0.15) is 20.3 Å². The second-order valence-corrected chi connectivity index (χ2v) is 5.27. The van der Waals surface area contributed by atoms with Crippen LogP contribution in [-0.2, 0) is 6.54 Å². The first-order valence-electron chi connectivity index (χ1n) is 6.04. The quantitative estimate of drug-likeness (QED) is 0.798. The van der Waals surface area contributed by atoms with Gasteiger partial charge in [0.05, 0.1) is 18.1 Å². The highest BCUT2D eigenvalue weighted by molar-refractivity contribution is 7.12. The molecule has 0 aliphatic rings. The van der Waals surface area contributed by atoms with Gasteiger partial charge in [-0.1, -0.05) is 0 Å². The maximum Gasteiger partial charge on any atom is 0.110 e. The van der Waals surface area contributed by atoms with Crippen molar-refractivity contribution in [3.8, 4) is 11.8 Å². The SMILES string of the molecule is N#Cc1ccc(CNc2ccc(-n3nccn3)cc2)s1. The molecular weight excluding hydrogens is 270 g/mol. The summed E-state index contributed by atoms with van der Waals surface area (Å²) in [7, 11) is 0. The summed E-state index contributed by atoms with van der Waals surface area (Å²) in [5, 5.41) is 20.3. The first-order chi connectivity index (χ1) is 9.85. The number of thiophene rings is 1. The zero-order valence-corrected chi connectivity index (χ0v) is 11.3. The molecule has 1 N–H and O–H groups in total. The third-order valence-corrected chi connectivity index (χ3v) is 3.75. The minimum atomic E-state index is 0.714. The van der Waals surface area contributed by atoms with Crippen molar-refractivity contribution in [1.29, 1.82) is 5.26 Å². The van der Waals surface area contributed by atoms with Gasteiger partial charge < -0.3 is 5.32 Å². The van der Waals surface area contributed by atoms with Crippen molar-refractivity contribution in [3.05, 3.63) is 58.5 Å². The van der Waals surface area contributed by atoms with Crippen LogP contribution in [0.25, 0.3) is 5.69 Å². The minimum Gasteiger partial charge on any atom is -0.380 e.